The summed E-state index contributed by atoms with van der Waals surface area (Å²) in [7, 11) is 3.36. The van der Waals surface area contributed by atoms with Crippen LogP contribution in [0.25, 0.3) is 21.7 Å². The van der Waals surface area contributed by atoms with Crippen molar-refractivity contribution in [2.75, 3.05) is 14.2 Å². The normalized spacial score (nSPS) is 10.7. The molecule has 0 N–H and O–H groups in total. The van der Waals surface area contributed by atoms with Crippen molar-refractivity contribution in [2.45, 2.75) is 8.55 Å². The lowest BCUT2D eigenvalue weighted by Gasteiger charge is -2.05. The summed E-state index contributed by atoms with van der Waals surface area (Å²) in [5.74, 6) is 1.69. The lowest BCUT2D eigenvalue weighted by molar-refractivity contribution is 0.414. The molecule has 3 nitrogen and oxygen atoms in total. The van der Waals surface area contributed by atoms with E-state index in [2.05, 4.69) is 41.8 Å². The Kier molecular flexibility index (Phi) is 5.48. The Morgan fingerprint density at radius 1 is 0.815 bits per heavy atom. The van der Waals surface area contributed by atoms with E-state index in [1.165, 1.54) is 4.21 Å². The van der Waals surface area contributed by atoms with E-state index in [9.17, 15) is 0 Å². The summed E-state index contributed by atoms with van der Waals surface area (Å²) in [6, 6.07) is 20.4. The molecule has 0 unspecified atom stereocenters. The summed E-state index contributed by atoms with van der Waals surface area (Å²) in [5, 5.41) is 2.09. The highest BCUT2D eigenvalue weighted by atomic mass is 32.2. The van der Waals surface area contributed by atoms with E-state index in [1.807, 2.05) is 24.3 Å². The van der Waals surface area contributed by atoms with Gasteiger partial charge in [-0.1, -0.05) is 6.07 Å². The first-order valence-corrected chi connectivity index (χ1v) is 10.8. The molecule has 0 amide bonds. The number of hydrogen-bond acceptors (Lipinski definition) is 6. The first kappa shape index (κ1) is 18.1. The number of benzene rings is 2. The maximum absolute atomic E-state index is 5.29. The van der Waals surface area contributed by atoms with Gasteiger partial charge in [0.15, 0.2) is 4.34 Å². The Bertz CT molecular complexity index is 942. The fraction of sp³-hybridized carbons (Fsp3) is 0.0952. The van der Waals surface area contributed by atoms with Crippen molar-refractivity contribution in [3.8, 4) is 33.2 Å². The molecule has 4 rings (SSSR count). The van der Waals surface area contributed by atoms with Gasteiger partial charge in [0.2, 0.25) is 0 Å². The summed E-state index contributed by atoms with van der Waals surface area (Å²) < 4.78 is 12.9. The summed E-state index contributed by atoms with van der Waals surface area (Å²) >= 11 is 5.16. The Morgan fingerprint density at radius 3 is 2.00 bits per heavy atom. The Balaban J connectivity index is 1.77. The van der Waals surface area contributed by atoms with Gasteiger partial charge in [0, 0.05) is 5.56 Å². The van der Waals surface area contributed by atoms with Crippen molar-refractivity contribution in [1.29, 1.82) is 0 Å². The maximum Gasteiger partial charge on any atom is 0.156 e. The van der Waals surface area contributed by atoms with Gasteiger partial charge in [0.25, 0.3) is 0 Å². The van der Waals surface area contributed by atoms with Crippen molar-refractivity contribution < 1.29 is 9.47 Å². The third kappa shape index (κ3) is 4.03. The van der Waals surface area contributed by atoms with Gasteiger partial charge in [0.05, 0.1) is 29.0 Å². The monoisotopic (exact) mass is 411 g/mol. The molecule has 4 aromatic rings. The average Bonchev–Trinajstić information content (AvgIpc) is 3.38. The lowest BCUT2D eigenvalue weighted by atomic mass is 10.1. The van der Waals surface area contributed by atoms with Gasteiger partial charge in [-0.05, 0) is 77.3 Å². The molecule has 0 aliphatic heterocycles. The first-order valence-electron chi connectivity index (χ1n) is 8.28. The predicted molar refractivity (Wildman–Crippen MR) is 115 cm³/mol. The molecule has 6 heteroatoms. The number of thiazole rings is 1. The van der Waals surface area contributed by atoms with Crippen LogP contribution in [0.15, 0.2) is 74.6 Å². The van der Waals surface area contributed by atoms with E-state index in [0.717, 1.165) is 37.5 Å². The van der Waals surface area contributed by atoms with Gasteiger partial charge < -0.3 is 9.47 Å². The second-order valence-corrected chi connectivity index (χ2v) is 9.14. The number of aromatic nitrogens is 1. The quantitative estimate of drug-likeness (QED) is 0.353. The van der Waals surface area contributed by atoms with Crippen LogP contribution in [0.3, 0.4) is 0 Å². The fourth-order valence-corrected chi connectivity index (χ4v) is 5.80. The van der Waals surface area contributed by atoms with Crippen molar-refractivity contribution in [1.82, 2.24) is 4.98 Å². The van der Waals surface area contributed by atoms with Crippen LogP contribution in [0, 0.1) is 0 Å². The largest absolute Gasteiger partial charge is 0.497 e. The highest BCUT2D eigenvalue weighted by Crippen LogP contribution is 2.43. The molecule has 0 atom stereocenters. The molecule has 0 spiro atoms. The standard InChI is InChI=1S/C21H17NO2S3/c1-23-16-9-5-14(6-10-16)19-20(15-7-11-17(24-2)12-8-15)27-21(22-19)26-18-4-3-13-25-18/h3-13H,1-2H3. The van der Waals surface area contributed by atoms with Crippen LogP contribution in [0.1, 0.15) is 0 Å². The van der Waals surface area contributed by atoms with Crippen molar-refractivity contribution in [2.24, 2.45) is 0 Å². The zero-order chi connectivity index (χ0) is 18.6. The summed E-state index contributed by atoms with van der Waals surface area (Å²) in [6.07, 6.45) is 0. The van der Waals surface area contributed by atoms with Crippen molar-refractivity contribution in [3.05, 3.63) is 66.0 Å². The SMILES string of the molecule is COc1ccc(-c2nc(Sc3cccs3)sc2-c2ccc(OC)cc2)cc1. The van der Waals surface area contributed by atoms with E-state index < -0.39 is 0 Å². The number of nitrogens with zero attached hydrogens (tertiary/aromatic N) is 1. The third-order valence-electron chi connectivity index (χ3n) is 4.01. The van der Waals surface area contributed by atoms with Gasteiger partial charge in [-0.25, -0.2) is 4.98 Å². The van der Waals surface area contributed by atoms with E-state index in [-0.39, 0.29) is 0 Å². The highest BCUT2D eigenvalue weighted by molar-refractivity contribution is 8.02. The fourth-order valence-electron chi connectivity index (χ4n) is 2.63. The van der Waals surface area contributed by atoms with E-state index in [4.69, 9.17) is 14.5 Å². The van der Waals surface area contributed by atoms with Gasteiger partial charge in [-0.2, -0.15) is 0 Å². The van der Waals surface area contributed by atoms with E-state index >= 15 is 0 Å². The zero-order valence-corrected chi connectivity index (χ0v) is 17.3. The van der Waals surface area contributed by atoms with Crippen LogP contribution in [0.5, 0.6) is 11.5 Å². The number of rotatable bonds is 6. The van der Waals surface area contributed by atoms with Crippen LogP contribution in [0.4, 0.5) is 0 Å². The van der Waals surface area contributed by atoms with E-state index in [1.54, 1.807) is 48.7 Å². The number of thiophene rings is 1. The summed E-state index contributed by atoms with van der Waals surface area (Å²) in [5.41, 5.74) is 3.21. The van der Waals surface area contributed by atoms with Crippen molar-refractivity contribution >= 4 is 34.4 Å². The minimum absolute atomic E-state index is 0.841. The topological polar surface area (TPSA) is 31.4 Å². The minimum atomic E-state index is 0.841. The second-order valence-electron chi connectivity index (χ2n) is 5.65. The van der Waals surface area contributed by atoms with Gasteiger partial charge in [-0.15, -0.1) is 22.7 Å². The minimum Gasteiger partial charge on any atom is -0.497 e. The van der Waals surface area contributed by atoms with Crippen LogP contribution < -0.4 is 9.47 Å². The molecule has 2 aromatic carbocycles. The number of hydrogen-bond donors (Lipinski definition) is 0. The van der Waals surface area contributed by atoms with Gasteiger partial charge in [-0.3, -0.25) is 0 Å². The molecule has 2 heterocycles. The van der Waals surface area contributed by atoms with Crippen LogP contribution >= 0.6 is 34.4 Å². The molecular formula is C21H17NO2S3. The van der Waals surface area contributed by atoms with Gasteiger partial charge >= 0.3 is 0 Å². The molecule has 0 saturated carbocycles. The Labute approximate surface area is 170 Å². The average molecular weight is 412 g/mol. The maximum atomic E-state index is 5.29. The molecule has 0 saturated heterocycles. The molecule has 0 bridgehead atoms. The molecule has 27 heavy (non-hydrogen) atoms. The Hall–Kier alpha value is -2.28. The lowest BCUT2D eigenvalue weighted by Crippen LogP contribution is -1.86. The molecule has 0 fully saturated rings. The predicted octanol–water partition coefficient (Wildman–Crippen LogP) is 6.71. The van der Waals surface area contributed by atoms with Crippen LogP contribution in [-0.4, -0.2) is 19.2 Å². The third-order valence-corrected chi connectivity index (χ3v) is 7.21. The van der Waals surface area contributed by atoms with Gasteiger partial charge in [0.1, 0.15) is 11.5 Å². The molecule has 0 aliphatic rings. The molecule has 0 aliphatic carbocycles. The molecular weight excluding hydrogens is 394 g/mol. The number of methoxy groups -OCH3 is 2. The molecule has 136 valence electrons. The summed E-state index contributed by atoms with van der Waals surface area (Å²) in [6.45, 7) is 0. The van der Waals surface area contributed by atoms with Crippen molar-refractivity contribution in [3.63, 3.8) is 0 Å². The van der Waals surface area contributed by atoms with Crippen LogP contribution in [-0.2, 0) is 0 Å². The highest BCUT2D eigenvalue weighted by Gasteiger charge is 2.16. The Morgan fingerprint density at radius 2 is 1.44 bits per heavy atom. The van der Waals surface area contributed by atoms with Crippen LogP contribution in [0.2, 0.25) is 0 Å². The first-order chi connectivity index (χ1) is 13.3. The summed E-state index contributed by atoms with van der Waals surface area (Å²) in [4.78, 5) is 6.10. The smallest absolute Gasteiger partial charge is 0.156 e. The molecule has 0 radical (unpaired) electrons. The molecule has 2 aromatic heterocycles. The second kappa shape index (κ2) is 8.17. The number of ether oxygens (including phenoxy) is 2. The zero-order valence-electron chi connectivity index (χ0n) is 14.8. The van der Waals surface area contributed by atoms with E-state index in [0.29, 0.717) is 0 Å².